The first-order valence-electron chi connectivity index (χ1n) is 1.05. The Bertz CT molecular complexity index is 58.1. The normalized spacial score (nSPS) is 8.67. The van der Waals surface area contributed by atoms with Gasteiger partial charge in [-0.25, -0.2) is 0 Å². The standard InChI is InChI=1S/H2N6/c1-3-5-6-4-2/h1-2H/b3-1?,4-2?,6-5-. The van der Waals surface area contributed by atoms with Crippen molar-refractivity contribution in [2.24, 2.45) is 20.9 Å². The third-order valence-electron chi connectivity index (χ3n) is 0.129. The maximum absolute atomic E-state index is 5.93. The van der Waals surface area contributed by atoms with E-state index in [0.29, 0.717) is 0 Å². The molecular formula is H2N6. The van der Waals surface area contributed by atoms with Gasteiger partial charge in [0.25, 0.3) is 0 Å². The minimum Gasteiger partial charge on any atom is -0.183 e. The molecule has 2 N–H and O–H groups in total. The van der Waals surface area contributed by atoms with Crippen molar-refractivity contribution < 1.29 is 0 Å². The predicted molar refractivity (Wildman–Crippen MR) is 15.2 cm³/mol. The summed E-state index contributed by atoms with van der Waals surface area (Å²) in [6.45, 7) is 0. The average Bonchev–Trinajstić information content (AvgIpc) is 1.61. The Morgan fingerprint density at radius 1 is 0.833 bits per heavy atom. The number of hydrogen-bond donors (Lipinski definition) is 2. The van der Waals surface area contributed by atoms with E-state index in [0.717, 1.165) is 0 Å². The van der Waals surface area contributed by atoms with Crippen LogP contribution in [0, 0.1) is 11.1 Å². The molecule has 0 atom stereocenters. The van der Waals surface area contributed by atoms with Gasteiger partial charge >= 0.3 is 0 Å². The van der Waals surface area contributed by atoms with E-state index in [-0.39, 0.29) is 0 Å². The molecule has 32 valence electrons. The Morgan fingerprint density at radius 2 is 1.17 bits per heavy atom. The molecule has 0 aromatic heterocycles. The van der Waals surface area contributed by atoms with E-state index in [2.05, 4.69) is 20.9 Å². The summed E-state index contributed by atoms with van der Waals surface area (Å²) in [5.41, 5.74) is 11.9. The first-order valence-corrected chi connectivity index (χ1v) is 1.05. The van der Waals surface area contributed by atoms with Crippen molar-refractivity contribution in [2.45, 2.75) is 0 Å². The molecule has 0 saturated heterocycles. The lowest BCUT2D eigenvalue weighted by Crippen LogP contribution is -1.36. The number of nitrogens with one attached hydrogen (secondary N) is 2. The first-order chi connectivity index (χ1) is 2.91. The van der Waals surface area contributed by atoms with Gasteiger partial charge in [0.2, 0.25) is 0 Å². The predicted octanol–water partition coefficient (Wildman–Crippen LogP) is 1.33. The molecule has 0 saturated carbocycles. The zero-order valence-corrected chi connectivity index (χ0v) is 2.79. The summed E-state index contributed by atoms with van der Waals surface area (Å²) in [6.07, 6.45) is 0. The largest absolute Gasteiger partial charge is 0.183 e. The van der Waals surface area contributed by atoms with Gasteiger partial charge in [0.15, 0.2) is 0 Å². The topological polar surface area (TPSA) is 97.1 Å². The molecule has 0 aromatic rings. The van der Waals surface area contributed by atoms with Gasteiger partial charge in [-0.1, -0.05) is 0 Å². The third-order valence-corrected chi connectivity index (χ3v) is 0.129. The summed E-state index contributed by atoms with van der Waals surface area (Å²) in [6, 6.07) is 0. The zero-order chi connectivity index (χ0) is 4.83. The quantitative estimate of drug-likeness (QED) is 0.374. The van der Waals surface area contributed by atoms with Crippen molar-refractivity contribution >= 4 is 0 Å². The lowest BCUT2D eigenvalue weighted by atomic mass is 12.5. The SMILES string of the molecule is N=N/N=N\N=N. The summed E-state index contributed by atoms with van der Waals surface area (Å²) in [4.78, 5) is 0. The molecule has 0 aromatic carbocycles. The van der Waals surface area contributed by atoms with Gasteiger partial charge in [-0.2, -0.15) is 11.1 Å². The molecule has 0 heterocycles. The maximum Gasteiger partial charge on any atom is -0.00224 e. The highest BCUT2D eigenvalue weighted by atomic mass is 15.5. The van der Waals surface area contributed by atoms with Gasteiger partial charge in [-0.15, -0.1) is 0 Å². The van der Waals surface area contributed by atoms with E-state index < -0.39 is 0 Å². The second-order valence-electron chi connectivity index (χ2n) is 0.379. The summed E-state index contributed by atoms with van der Waals surface area (Å²) in [5.74, 6) is 0. The summed E-state index contributed by atoms with van der Waals surface area (Å²) in [5, 5.41) is 10.1. The minimum atomic E-state index is 2.42. The van der Waals surface area contributed by atoms with E-state index in [1.807, 2.05) is 0 Å². The van der Waals surface area contributed by atoms with E-state index in [9.17, 15) is 0 Å². The Labute approximate surface area is 33.2 Å². The highest BCUT2D eigenvalue weighted by Gasteiger charge is 1.51. The minimum absolute atomic E-state index is 2.42. The van der Waals surface area contributed by atoms with Crippen LogP contribution in [0.5, 0.6) is 0 Å². The van der Waals surface area contributed by atoms with Crippen molar-refractivity contribution in [3.05, 3.63) is 0 Å². The fraction of sp³-hybridized carbons (Fsp3) is 0. The molecule has 0 radical (unpaired) electrons. The van der Waals surface area contributed by atoms with Crippen molar-refractivity contribution in [3.63, 3.8) is 0 Å². The summed E-state index contributed by atoms with van der Waals surface area (Å²) < 4.78 is 0. The van der Waals surface area contributed by atoms with Gasteiger partial charge in [0.05, 0.1) is 0 Å². The molecule has 6 nitrogen and oxygen atoms in total. The lowest BCUT2D eigenvalue weighted by molar-refractivity contribution is 0.808. The van der Waals surface area contributed by atoms with E-state index in [4.69, 9.17) is 11.1 Å². The van der Waals surface area contributed by atoms with Crippen molar-refractivity contribution in [2.75, 3.05) is 0 Å². The Morgan fingerprint density at radius 3 is 1.33 bits per heavy atom. The molecule has 0 aliphatic carbocycles. The zero-order valence-electron chi connectivity index (χ0n) is 2.79. The van der Waals surface area contributed by atoms with Crippen LogP contribution in [0.15, 0.2) is 20.9 Å². The average molecular weight is 86.1 g/mol. The summed E-state index contributed by atoms with van der Waals surface area (Å²) >= 11 is 0. The van der Waals surface area contributed by atoms with Gasteiger partial charge in [0, 0.05) is 0 Å². The molecular weight excluding hydrogens is 84.0 g/mol. The van der Waals surface area contributed by atoms with Crippen LogP contribution in [0.25, 0.3) is 0 Å². The van der Waals surface area contributed by atoms with E-state index >= 15 is 0 Å². The van der Waals surface area contributed by atoms with E-state index in [1.165, 1.54) is 0 Å². The molecule has 0 unspecified atom stereocenters. The third kappa shape index (κ3) is 2.80. The first kappa shape index (κ1) is 4.80. The molecule has 6 heteroatoms. The monoisotopic (exact) mass is 86.0 g/mol. The van der Waals surface area contributed by atoms with Crippen molar-refractivity contribution in [3.8, 4) is 0 Å². The lowest BCUT2D eigenvalue weighted by Gasteiger charge is -1.56. The van der Waals surface area contributed by atoms with Gasteiger partial charge in [-0.3, -0.25) is 0 Å². The highest BCUT2D eigenvalue weighted by Crippen LogP contribution is 1.71. The smallest absolute Gasteiger partial charge is 0.00224 e. The number of hydrogen-bond acceptors (Lipinski definition) is 2. The Balaban J connectivity index is 3.17. The van der Waals surface area contributed by atoms with Gasteiger partial charge < -0.3 is 0 Å². The Kier molecular flexibility index (Phi) is 3.04. The Hall–Kier alpha value is -1.20. The second kappa shape index (κ2) is 3.80. The molecule has 0 fully saturated rings. The molecule has 0 spiro atoms. The molecule has 6 heavy (non-hydrogen) atoms. The highest BCUT2D eigenvalue weighted by molar-refractivity contribution is 3.93. The summed E-state index contributed by atoms with van der Waals surface area (Å²) in [7, 11) is 0. The van der Waals surface area contributed by atoms with Crippen LogP contribution in [0.3, 0.4) is 0 Å². The van der Waals surface area contributed by atoms with Crippen molar-refractivity contribution in [1.29, 1.82) is 11.1 Å². The fourth-order valence-corrected chi connectivity index (χ4v) is 0.0400. The van der Waals surface area contributed by atoms with Crippen LogP contribution in [0.1, 0.15) is 0 Å². The van der Waals surface area contributed by atoms with Crippen LogP contribution in [0.2, 0.25) is 0 Å². The van der Waals surface area contributed by atoms with Crippen molar-refractivity contribution in [1.82, 2.24) is 0 Å². The van der Waals surface area contributed by atoms with Crippen LogP contribution in [0.4, 0.5) is 0 Å². The molecule has 0 aliphatic rings. The number of nitrogens with zero attached hydrogens (tertiary/aromatic N) is 4. The second-order valence-corrected chi connectivity index (χ2v) is 0.379. The van der Waals surface area contributed by atoms with E-state index in [1.54, 1.807) is 0 Å². The maximum atomic E-state index is 5.93. The van der Waals surface area contributed by atoms with Crippen LogP contribution in [-0.4, -0.2) is 0 Å². The number of rotatable bonds is 2. The fourth-order valence-electron chi connectivity index (χ4n) is 0.0400. The molecule has 0 aliphatic heterocycles. The molecule has 0 bridgehead atoms. The van der Waals surface area contributed by atoms with Crippen LogP contribution in [-0.2, 0) is 0 Å². The molecule has 0 amide bonds. The van der Waals surface area contributed by atoms with Gasteiger partial charge in [0.1, 0.15) is 0 Å². The van der Waals surface area contributed by atoms with Gasteiger partial charge in [-0.05, 0) is 20.9 Å². The molecule has 0 rings (SSSR count). The van der Waals surface area contributed by atoms with Crippen LogP contribution < -0.4 is 0 Å². The van der Waals surface area contributed by atoms with Crippen LogP contribution >= 0.6 is 0 Å².